The van der Waals surface area contributed by atoms with Crippen LogP contribution in [0.4, 0.5) is 0 Å². The van der Waals surface area contributed by atoms with Crippen molar-refractivity contribution in [2.75, 3.05) is 13.1 Å². The van der Waals surface area contributed by atoms with Gasteiger partial charge in [-0.15, -0.1) is 0 Å². The SMILES string of the molecule is Cc1noc(C)c1S(=O)(=O)N1CCC([C@@H](C)C(=O)NCc2cccc(Br)c2)CC1. The molecular formula is C20H26BrN3O4S. The van der Waals surface area contributed by atoms with Crippen LogP contribution in [0.5, 0.6) is 0 Å². The molecule has 0 radical (unpaired) electrons. The van der Waals surface area contributed by atoms with Crippen LogP contribution in [0.15, 0.2) is 38.2 Å². The van der Waals surface area contributed by atoms with Crippen LogP contribution in [0.3, 0.4) is 0 Å². The minimum atomic E-state index is -3.63. The summed E-state index contributed by atoms with van der Waals surface area (Å²) in [5.41, 5.74) is 1.41. The van der Waals surface area contributed by atoms with Crippen LogP contribution in [0.2, 0.25) is 0 Å². The Kier molecular flexibility index (Phi) is 6.80. The monoisotopic (exact) mass is 483 g/mol. The number of aromatic nitrogens is 1. The third-order valence-electron chi connectivity index (χ3n) is 5.54. The van der Waals surface area contributed by atoms with Crippen molar-refractivity contribution in [3.05, 3.63) is 45.8 Å². The number of nitrogens with one attached hydrogen (secondary N) is 1. The zero-order chi connectivity index (χ0) is 21.2. The Hall–Kier alpha value is -1.71. The van der Waals surface area contributed by atoms with Crippen LogP contribution < -0.4 is 5.32 Å². The minimum absolute atomic E-state index is 0.00277. The van der Waals surface area contributed by atoms with Crippen molar-refractivity contribution in [3.8, 4) is 0 Å². The number of carbonyl (C=O) groups is 1. The van der Waals surface area contributed by atoms with Gasteiger partial charge in [-0.2, -0.15) is 4.31 Å². The van der Waals surface area contributed by atoms with Crippen molar-refractivity contribution in [2.24, 2.45) is 11.8 Å². The summed E-state index contributed by atoms with van der Waals surface area (Å²) in [7, 11) is -3.63. The summed E-state index contributed by atoms with van der Waals surface area (Å²) < 4.78 is 33.3. The van der Waals surface area contributed by atoms with Gasteiger partial charge in [0, 0.05) is 30.0 Å². The van der Waals surface area contributed by atoms with E-state index in [0.717, 1.165) is 10.0 Å². The van der Waals surface area contributed by atoms with Crippen molar-refractivity contribution in [1.82, 2.24) is 14.8 Å². The molecule has 2 aromatic rings. The van der Waals surface area contributed by atoms with Gasteiger partial charge in [-0.05, 0) is 50.3 Å². The fraction of sp³-hybridized carbons (Fsp3) is 0.500. The number of halogens is 1. The predicted octanol–water partition coefficient (Wildman–Crippen LogP) is 3.41. The molecule has 0 bridgehead atoms. The largest absolute Gasteiger partial charge is 0.360 e. The van der Waals surface area contributed by atoms with Crippen LogP contribution in [0, 0.1) is 25.7 Å². The number of hydrogen-bond acceptors (Lipinski definition) is 5. The predicted molar refractivity (Wildman–Crippen MR) is 113 cm³/mol. The molecule has 7 nitrogen and oxygen atoms in total. The van der Waals surface area contributed by atoms with E-state index in [-0.39, 0.29) is 22.6 Å². The Morgan fingerprint density at radius 3 is 2.62 bits per heavy atom. The van der Waals surface area contributed by atoms with Crippen LogP contribution in [-0.4, -0.2) is 36.9 Å². The van der Waals surface area contributed by atoms with Crippen LogP contribution in [0.25, 0.3) is 0 Å². The second-order valence-electron chi connectivity index (χ2n) is 7.53. The molecule has 9 heteroatoms. The van der Waals surface area contributed by atoms with E-state index in [9.17, 15) is 13.2 Å². The second kappa shape index (κ2) is 8.97. The zero-order valence-electron chi connectivity index (χ0n) is 16.8. The molecule has 1 aliphatic heterocycles. The molecule has 2 heterocycles. The van der Waals surface area contributed by atoms with E-state index in [4.69, 9.17) is 4.52 Å². The summed E-state index contributed by atoms with van der Waals surface area (Å²) in [6.45, 7) is 6.41. The quantitative estimate of drug-likeness (QED) is 0.679. The smallest absolute Gasteiger partial charge is 0.248 e. The Bertz CT molecular complexity index is 962. The van der Waals surface area contributed by atoms with Gasteiger partial charge in [0.2, 0.25) is 15.9 Å². The fourth-order valence-electron chi connectivity index (χ4n) is 3.80. The normalized spacial score (nSPS) is 17.2. The van der Waals surface area contributed by atoms with Crippen LogP contribution >= 0.6 is 15.9 Å². The Balaban J connectivity index is 1.56. The molecule has 1 aromatic carbocycles. The van der Waals surface area contributed by atoms with E-state index in [2.05, 4.69) is 26.4 Å². The number of aryl methyl sites for hydroxylation is 2. The average Bonchev–Trinajstić information content (AvgIpc) is 3.04. The molecule has 0 saturated carbocycles. The van der Waals surface area contributed by atoms with Gasteiger partial charge >= 0.3 is 0 Å². The van der Waals surface area contributed by atoms with Gasteiger partial charge in [-0.1, -0.05) is 40.1 Å². The van der Waals surface area contributed by atoms with Gasteiger partial charge in [-0.3, -0.25) is 4.79 Å². The minimum Gasteiger partial charge on any atom is -0.360 e. The highest BCUT2D eigenvalue weighted by Crippen LogP contribution is 2.30. The van der Waals surface area contributed by atoms with Crippen LogP contribution in [0.1, 0.15) is 36.8 Å². The lowest BCUT2D eigenvalue weighted by atomic mass is 9.85. The lowest BCUT2D eigenvalue weighted by molar-refractivity contribution is -0.126. The van der Waals surface area contributed by atoms with Gasteiger partial charge in [0.05, 0.1) is 0 Å². The molecule has 1 amide bonds. The summed E-state index contributed by atoms with van der Waals surface area (Å²) in [4.78, 5) is 12.7. The van der Waals surface area contributed by atoms with Gasteiger partial charge < -0.3 is 9.84 Å². The number of carbonyl (C=O) groups excluding carboxylic acids is 1. The van der Waals surface area contributed by atoms with Gasteiger partial charge in [-0.25, -0.2) is 8.42 Å². The molecule has 1 atom stereocenters. The Morgan fingerprint density at radius 2 is 2.03 bits per heavy atom. The Labute approximate surface area is 180 Å². The van der Waals surface area contributed by atoms with E-state index in [1.807, 2.05) is 31.2 Å². The van der Waals surface area contributed by atoms with E-state index in [1.165, 1.54) is 4.31 Å². The van der Waals surface area contributed by atoms with Gasteiger partial charge in [0.1, 0.15) is 10.6 Å². The molecular weight excluding hydrogens is 458 g/mol. The summed E-state index contributed by atoms with van der Waals surface area (Å²) in [5, 5.41) is 6.75. The number of benzene rings is 1. The molecule has 1 saturated heterocycles. The molecule has 1 aliphatic rings. The van der Waals surface area contributed by atoms with E-state index < -0.39 is 10.0 Å². The number of rotatable bonds is 6. The average molecular weight is 484 g/mol. The van der Waals surface area contributed by atoms with E-state index >= 15 is 0 Å². The summed E-state index contributed by atoms with van der Waals surface area (Å²) in [6, 6.07) is 7.82. The third kappa shape index (κ3) is 4.90. The first kappa shape index (κ1) is 22.0. The number of hydrogen-bond donors (Lipinski definition) is 1. The number of nitrogens with zero attached hydrogens (tertiary/aromatic N) is 2. The highest BCUT2D eigenvalue weighted by atomic mass is 79.9. The van der Waals surface area contributed by atoms with Crippen molar-refractivity contribution < 1.29 is 17.7 Å². The molecule has 1 fully saturated rings. The van der Waals surface area contributed by atoms with Crippen LogP contribution in [-0.2, 0) is 21.4 Å². The maximum atomic E-state index is 12.9. The number of amides is 1. The highest BCUT2D eigenvalue weighted by molar-refractivity contribution is 9.10. The molecule has 158 valence electrons. The standard InChI is InChI=1S/C20H26BrN3O4S/c1-13(20(25)22-12-16-5-4-6-18(21)11-16)17-7-9-24(10-8-17)29(26,27)19-14(2)23-28-15(19)3/h4-6,11,13,17H,7-10,12H2,1-3H3,(H,22,25)/t13-/m1/s1. The zero-order valence-corrected chi connectivity index (χ0v) is 19.2. The van der Waals surface area contributed by atoms with Gasteiger partial charge in [0.15, 0.2) is 5.76 Å². The molecule has 0 aliphatic carbocycles. The van der Waals surface area contributed by atoms with E-state index in [1.54, 1.807) is 13.8 Å². The lowest BCUT2D eigenvalue weighted by Crippen LogP contribution is -2.42. The molecule has 29 heavy (non-hydrogen) atoms. The number of sulfonamides is 1. The van der Waals surface area contributed by atoms with Gasteiger partial charge in [0.25, 0.3) is 0 Å². The summed E-state index contributed by atoms with van der Waals surface area (Å²) in [5.74, 6) is 0.279. The maximum Gasteiger partial charge on any atom is 0.248 e. The van der Waals surface area contributed by atoms with Crippen molar-refractivity contribution in [1.29, 1.82) is 0 Å². The highest BCUT2D eigenvalue weighted by Gasteiger charge is 2.36. The molecule has 1 aromatic heterocycles. The third-order valence-corrected chi connectivity index (χ3v) is 8.18. The summed E-state index contributed by atoms with van der Waals surface area (Å²) >= 11 is 3.43. The molecule has 0 unspecified atom stereocenters. The summed E-state index contributed by atoms with van der Waals surface area (Å²) in [6.07, 6.45) is 1.29. The first-order chi connectivity index (χ1) is 13.7. The first-order valence-corrected chi connectivity index (χ1v) is 11.9. The molecule has 3 rings (SSSR count). The maximum absolute atomic E-state index is 12.9. The Morgan fingerprint density at radius 1 is 1.34 bits per heavy atom. The lowest BCUT2D eigenvalue weighted by Gasteiger charge is -2.33. The topological polar surface area (TPSA) is 92.5 Å². The van der Waals surface area contributed by atoms with Crippen molar-refractivity contribution >= 4 is 31.9 Å². The number of piperidine rings is 1. The first-order valence-electron chi connectivity index (χ1n) is 9.65. The second-order valence-corrected chi connectivity index (χ2v) is 10.3. The molecule has 0 spiro atoms. The van der Waals surface area contributed by atoms with Crippen molar-refractivity contribution in [2.45, 2.75) is 45.1 Å². The van der Waals surface area contributed by atoms with Crippen molar-refractivity contribution in [3.63, 3.8) is 0 Å². The molecule has 1 N–H and O–H groups in total. The fourth-order valence-corrected chi connectivity index (χ4v) is 6.01. The van der Waals surface area contributed by atoms with E-state index in [0.29, 0.717) is 43.9 Å².